The van der Waals surface area contributed by atoms with Crippen LogP contribution in [-0.2, 0) is 10.0 Å². The highest BCUT2D eigenvalue weighted by Gasteiger charge is 2.22. The van der Waals surface area contributed by atoms with Crippen LogP contribution in [0.4, 0.5) is 0 Å². The van der Waals surface area contributed by atoms with Crippen LogP contribution in [0.2, 0.25) is 0 Å². The van der Waals surface area contributed by atoms with E-state index in [2.05, 4.69) is 21.9 Å². The van der Waals surface area contributed by atoms with Crippen LogP contribution in [-0.4, -0.2) is 68.7 Å². The Hall–Kier alpha value is -0.470. The van der Waals surface area contributed by atoms with E-state index in [1.54, 1.807) is 7.05 Å². The quantitative estimate of drug-likeness (QED) is 0.504. The average molecular weight is 365 g/mol. The number of aliphatic imine (C=N–C) groups is 1. The fourth-order valence-corrected chi connectivity index (χ4v) is 5.15. The van der Waals surface area contributed by atoms with Crippen molar-refractivity contribution in [1.82, 2.24) is 14.9 Å². The van der Waals surface area contributed by atoms with Crippen LogP contribution in [0, 0.1) is 0 Å². The Bertz CT molecular complexity index is 464. The van der Waals surface area contributed by atoms with E-state index in [9.17, 15) is 8.42 Å². The van der Waals surface area contributed by atoms with Crippen LogP contribution < -0.4 is 10.6 Å². The Morgan fingerprint density at radius 1 is 1.30 bits per heavy atom. The molecule has 1 aliphatic rings. The predicted molar refractivity (Wildman–Crippen MR) is 101 cm³/mol. The van der Waals surface area contributed by atoms with Crippen LogP contribution in [0.5, 0.6) is 0 Å². The maximum Gasteiger partial charge on any atom is 0.215 e. The molecule has 0 bridgehead atoms. The first-order valence-corrected chi connectivity index (χ1v) is 11.3. The zero-order valence-electron chi connectivity index (χ0n) is 14.8. The summed E-state index contributed by atoms with van der Waals surface area (Å²) in [5.74, 6) is 0.791. The van der Waals surface area contributed by atoms with Gasteiger partial charge in [-0.15, -0.1) is 0 Å². The molecule has 0 amide bonds. The SMILES string of the molecule is CCN(CC)S(=O)(=O)CCNC(=NC)NC1CCCC(SC)C1. The lowest BCUT2D eigenvalue weighted by molar-refractivity contribution is 0.419. The number of rotatable bonds is 8. The Morgan fingerprint density at radius 3 is 2.57 bits per heavy atom. The molecule has 2 atom stereocenters. The zero-order chi connectivity index (χ0) is 17.3. The third-order valence-corrected chi connectivity index (χ3v) is 7.39. The van der Waals surface area contributed by atoms with Gasteiger partial charge < -0.3 is 10.6 Å². The number of thioether (sulfide) groups is 1. The second-order valence-corrected chi connectivity index (χ2v) is 8.99. The summed E-state index contributed by atoms with van der Waals surface area (Å²) in [6, 6.07) is 0.423. The smallest absolute Gasteiger partial charge is 0.215 e. The number of nitrogens with one attached hydrogen (secondary N) is 2. The second kappa shape index (κ2) is 10.4. The van der Waals surface area contributed by atoms with E-state index in [0.29, 0.717) is 36.9 Å². The molecule has 8 heteroatoms. The summed E-state index contributed by atoms with van der Waals surface area (Å²) < 4.78 is 25.8. The number of hydrogen-bond acceptors (Lipinski definition) is 4. The van der Waals surface area contributed by atoms with Gasteiger partial charge in [0.05, 0.1) is 5.75 Å². The highest BCUT2D eigenvalue weighted by molar-refractivity contribution is 7.99. The van der Waals surface area contributed by atoms with Gasteiger partial charge >= 0.3 is 0 Å². The van der Waals surface area contributed by atoms with Crippen molar-refractivity contribution in [3.8, 4) is 0 Å². The molecule has 1 saturated carbocycles. The molecule has 0 radical (unpaired) electrons. The van der Waals surface area contributed by atoms with Gasteiger partial charge in [0.25, 0.3) is 0 Å². The van der Waals surface area contributed by atoms with Gasteiger partial charge in [0.15, 0.2) is 5.96 Å². The molecule has 6 nitrogen and oxygen atoms in total. The molecule has 0 heterocycles. The second-order valence-electron chi connectivity index (χ2n) is 5.76. The lowest BCUT2D eigenvalue weighted by atomic mass is 9.95. The first-order valence-electron chi connectivity index (χ1n) is 8.44. The molecule has 1 aliphatic carbocycles. The molecule has 0 aromatic rings. The number of hydrogen-bond donors (Lipinski definition) is 2. The van der Waals surface area contributed by atoms with E-state index < -0.39 is 10.0 Å². The van der Waals surface area contributed by atoms with E-state index in [0.717, 1.165) is 12.8 Å². The third-order valence-electron chi connectivity index (χ3n) is 4.28. The van der Waals surface area contributed by atoms with Crippen molar-refractivity contribution in [2.24, 2.45) is 4.99 Å². The van der Waals surface area contributed by atoms with Crippen molar-refractivity contribution in [2.75, 3.05) is 38.7 Å². The summed E-state index contributed by atoms with van der Waals surface area (Å²) in [7, 11) is -1.46. The van der Waals surface area contributed by atoms with Crippen molar-refractivity contribution in [2.45, 2.75) is 50.8 Å². The minimum absolute atomic E-state index is 0.0908. The minimum atomic E-state index is -3.19. The Kier molecular flexibility index (Phi) is 9.31. The number of nitrogens with zero attached hydrogens (tertiary/aromatic N) is 2. The summed E-state index contributed by atoms with van der Waals surface area (Å²) in [5, 5.41) is 7.28. The summed E-state index contributed by atoms with van der Waals surface area (Å²) >= 11 is 1.93. The maximum atomic E-state index is 12.2. The summed E-state index contributed by atoms with van der Waals surface area (Å²) in [6.07, 6.45) is 6.97. The van der Waals surface area contributed by atoms with E-state index >= 15 is 0 Å². The van der Waals surface area contributed by atoms with Gasteiger partial charge in [0.1, 0.15) is 0 Å². The van der Waals surface area contributed by atoms with Crippen molar-refractivity contribution < 1.29 is 8.42 Å². The van der Waals surface area contributed by atoms with Gasteiger partial charge in [-0.3, -0.25) is 4.99 Å². The molecule has 0 spiro atoms. The molecule has 1 rings (SSSR count). The summed E-state index contributed by atoms with van der Waals surface area (Å²) in [5.41, 5.74) is 0. The van der Waals surface area contributed by atoms with Gasteiger partial charge in [-0.2, -0.15) is 11.8 Å². The van der Waals surface area contributed by atoms with Crippen molar-refractivity contribution in [3.63, 3.8) is 0 Å². The van der Waals surface area contributed by atoms with E-state index in [-0.39, 0.29) is 5.75 Å². The average Bonchev–Trinajstić information content (AvgIpc) is 2.54. The molecule has 0 aliphatic heterocycles. The standard InChI is InChI=1S/C15H32N4O2S2/c1-5-19(6-2)23(20,21)11-10-17-15(16-3)18-13-8-7-9-14(12-13)22-4/h13-14H,5-12H2,1-4H3,(H2,16,17,18). The van der Waals surface area contributed by atoms with E-state index in [1.807, 2.05) is 25.6 Å². The fourth-order valence-electron chi connectivity index (χ4n) is 2.92. The highest BCUT2D eigenvalue weighted by Crippen LogP contribution is 2.26. The molecule has 0 aromatic heterocycles. The van der Waals surface area contributed by atoms with Crippen LogP contribution in [0.25, 0.3) is 0 Å². The topological polar surface area (TPSA) is 73.8 Å². The van der Waals surface area contributed by atoms with Crippen molar-refractivity contribution in [3.05, 3.63) is 0 Å². The molecule has 136 valence electrons. The highest BCUT2D eigenvalue weighted by atomic mass is 32.2. The van der Waals surface area contributed by atoms with Gasteiger partial charge in [0, 0.05) is 38.0 Å². The van der Waals surface area contributed by atoms with Gasteiger partial charge in [-0.05, 0) is 25.5 Å². The number of sulfonamides is 1. The normalized spacial score (nSPS) is 23.1. The van der Waals surface area contributed by atoms with Gasteiger partial charge in [-0.25, -0.2) is 12.7 Å². The predicted octanol–water partition coefficient (Wildman–Crippen LogP) is 1.50. The van der Waals surface area contributed by atoms with Crippen LogP contribution >= 0.6 is 11.8 Å². The largest absolute Gasteiger partial charge is 0.355 e. The fraction of sp³-hybridized carbons (Fsp3) is 0.933. The first kappa shape index (κ1) is 20.6. The molecule has 23 heavy (non-hydrogen) atoms. The van der Waals surface area contributed by atoms with Crippen LogP contribution in [0.1, 0.15) is 39.5 Å². The Labute approximate surface area is 145 Å². The van der Waals surface area contributed by atoms with Crippen LogP contribution in [0.15, 0.2) is 4.99 Å². The maximum absolute atomic E-state index is 12.2. The molecule has 2 unspecified atom stereocenters. The Morgan fingerprint density at radius 2 is 2.00 bits per heavy atom. The van der Waals surface area contributed by atoms with Crippen molar-refractivity contribution >= 4 is 27.7 Å². The van der Waals surface area contributed by atoms with Crippen LogP contribution in [0.3, 0.4) is 0 Å². The Balaban J connectivity index is 2.43. The molecule has 0 saturated heterocycles. The molecule has 1 fully saturated rings. The first-order chi connectivity index (χ1) is 11.0. The van der Waals surface area contributed by atoms with Crippen molar-refractivity contribution in [1.29, 1.82) is 0 Å². The van der Waals surface area contributed by atoms with Gasteiger partial charge in [0.2, 0.25) is 10.0 Å². The number of guanidine groups is 1. The third kappa shape index (κ3) is 6.89. The lowest BCUT2D eigenvalue weighted by Gasteiger charge is -2.30. The zero-order valence-corrected chi connectivity index (χ0v) is 16.5. The monoisotopic (exact) mass is 364 g/mol. The van der Waals surface area contributed by atoms with E-state index in [1.165, 1.54) is 17.1 Å². The minimum Gasteiger partial charge on any atom is -0.355 e. The summed E-state index contributed by atoms with van der Waals surface area (Å²) in [4.78, 5) is 4.22. The summed E-state index contributed by atoms with van der Waals surface area (Å²) in [6.45, 7) is 5.13. The molecular formula is C15H32N4O2S2. The molecule has 2 N–H and O–H groups in total. The molecular weight excluding hydrogens is 332 g/mol. The van der Waals surface area contributed by atoms with E-state index in [4.69, 9.17) is 0 Å². The van der Waals surface area contributed by atoms with Gasteiger partial charge in [-0.1, -0.05) is 20.3 Å². The molecule has 0 aromatic carbocycles. The lowest BCUT2D eigenvalue weighted by Crippen LogP contribution is -2.47.